The number of ether oxygens (including phenoxy) is 2. The monoisotopic (exact) mass is 324 g/mol. The van der Waals surface area contributed by atoms with Crippen LogP contribution in [0.3, 0.4) is 0 Å². The third kappa shape index (κ3) is 5.97. The Labute approximate surface area is 136 Å². The van der Waals surface area contributed by atoms with Crippen LogP contribution in [0.5, 0.6) is 5.75 Å². The summed E-state index contributed by atoms with van der Waals surface area (Å²) in [5.41, 5.74) is 0.319. The van der Waals surface area contributed by atoms with Crippen LogP contribution in [0.15, 0.2) is 24.3 Å². The van der Waals surface area contributed by atoms with Crippen molar-refractivity contribution in [2.45, 2.75) is 39.8 Å². The molecule has 0 bridgehead atoms. The fourth-order valence-corrected chi connectivity index (χ4v) is 2.23. The summed E-state index contributed by atoms with van der Waals surface area (Å²) in [7, 11) is 1.61. The highest BCUT2D eigenvalue weighted by atomic mass is 32.2. The molecule has 1 amide bonds. The molecule has 122 valence electrons. The van der Waals surface area contributed by atoms with Gasteiger partial charge in [-0.15, -0.1) is 0 Å². The third-order valence-corrected chi connectivity index (χ3v) is 3.42. The van der Waals surface area contributed by atoms with Crippen molar-refractivity contribution in [1.82, 2.24) is 4.90 Å². The van der Waals surface area contributed by atoms with E-state index in [4.69, 9.17) is 14.9 Å². The van der Waals surface area contributed by atoms with E-state index in [0.717, 1.165) is 17.1 Å². The summed E-state index contributed by atoms with van der Waals surface area (Å²) in [6.07, 6.45) is -0.505. The number of nitrogens with one attached hydrogen (secondary N) is 1. The normalized spacial score (nSPS) is 11.0. The first-order valence-corrected chi connectivity index (χ1v) is 8.10. The van der Waals surface area contributed by atoms with E-state index >= 15 is 0 Å². The van der Waals surface area contributed by atoms with E-state index in [1.54, 1.807) is 7.11 Å². The standard InChI is InChI=1S/C16H24N2O3S/c1-6-22-14(17)18(15(19)21-16(2,3)4)11-12-7-9-13(20-5)10-8-12/h7-10,17H,6,11H2,1-5H3. The minimum absolute atomic E-state index is 0.188. The van der Waals surface area contributed by atoms with Crippen molar-refractivity contribution >= 4 is 23.0 Å². The highest BCUT2D eigenvalue weighted by molar-refractivity contribution is 8.13. The van der Waals surface area contributed by atoms with Gasteiger partial charge < -0.3 is 9.47 Å². The summed E-state index contributed by atoms with van der Waals surface area (Å²) in [4.78, 5) is 13.7. The lowest BCUT2D eigenvalue weighted by atomic mass is 10.2. The third-order valence-electron chi connectivity index (χ3n) is 2.64. The summed E-state index contributed by atoms with van der Waals surface area (Å²) in [5, 5.41) is 8.26. The molecule has 0 atom stereocenters. The number of nitrogens with zero attached hydrogens (tertiary/aromatic N) is 1. The maximum Gasteiger partial charge on any atom is 0.416 e. The minimum atomic E-state index is -0.591. The zero-order valence-corrected chi connectivity index (χ0v) is 14.6. The first kappa shape index (κ1) is 18.4. The average Bonchev–Trinajstić information content (AvgIpc) is 2.43. The average molecular weight is 324 g/mol. The Morgan fingerprint density at radius 1 is 1.27 bits per heavy atom. The molecule has 0 saturated heterocycles. The van der Waals surface area contributed by atoms with Crippen molar-refractivity contribution < 1.29 is 14.3 Å². The Hall–Kier alpha value is -1.69. The first-order valence-electron chi connectivity index (χ1n) is 7.11. The number of amides is 1. The van der Waals surface area contributed by atoms with Gasteiger partial charge in [-0.2, -0.15) is 0 Å². The van der Waals surface area contributed by atoms with Crippen LogP contribution in [0.25, 0.3) is 0 Å². The van der Waals surface area contributed by atoms with Crippen molar-refractivity contribution in [1.29, 1.82) is 5.41 Å². The molecule has 1 aromatic rings. The molecule has 0 aliphatic carbocycles. The lowest BCUT2D eigenvalue weighted by molar-refractivity contribution is 0.0363. The predicted octanol–water partition coefficient (Wildman–Crippen LogP) is 4.12. The highest BCUT2D eigenvalue weighted by Gasteiger charge is 2.25. The number of amidine groups is 1. The van der Waals surface area contributed by atoms with Crippen LogP contribution in [0.1, 0.15) is 33.3 Å². The van der Waals surface area contributed by atoms with E-state index in [1.807, 2.05) is 52.0 Å². The molecule has 1 rings (SSSR count). The smallest absolute Gasteiger partial charge is 0.416 e. The molecular weight excluding hydrogens is 300 g/mol. The fourth-order valence-electron chi connectivity index (χ4n) is 1.66. The van der Waals surface area contributed by atoms with Crippen molar-refractivity contribution in [3.63, 3.8) is 0 Å². The lowest BCUT2D eigenvalue weighted by Gasteiger charge is -2.27. The van der Waals surface area contributed by atoms with Crippen LogP contribution in [-0.4, -0.2) is 34.6 Å². The van der Waals surface area contributed by atoms with Crippen LogP contribution in [0.2, 0.25) is 0 Å². The molecular formula is C16H24N2O3S. The Kier molecular flexibility index (Phi) is 6.74. The molecule has 5 nitrogen and oxygen atoms in total. The summed E-state index contributed by atoms with van der Waals surface area (Å²) >= 11 is 1.30. The topological polar surface area (TPSA) is 62.6 Å². The van der Waals surface area contributed by atoms with Crippen molar-refractivity contribution in [3.05, 3.63) is 29.8 Å². The van der Waals surface area contributed by atoms with Gasteiger partial charge in [-0.3, -0.25) is 10.3 Å². The van der Waals surface area contributed by atoms with Gasteiger partial charge in [-0.25, -0.2) is 4.79 Å². The van der Waals surface area contributed by atoms with Gasteiger partial charge in [0.05, 0.1) is 13.7 Å². The lowest BCUT2D eigenvalue weighted by Crippen LogP contribution is -2.39. The summed E-state index contributed by atoms with van der Waals surface area (Å²) in [5.74, 6) is 1.48. The second-order valence-electron chi connectivity index (χ2n) is 5.65. The van der Waals surface area contributed by atoms with Crippen molar-refractivity contribution in [2.75, 3.05) is 12.9 Å². The number of methoxy groups -OCH3 is 1. The van der Waals surface area contributed by atoms with Crippen LogP contribution < -0.4 is 4.74 Å². The number of benzene rings is 1. The maximum atomic E-state index is 12.3. The van der Waals surface area contributed by atoms with Gasteiger partial charge in [0.1, 0.15) is 11.4 Å². The zero-order chi connectivity index (χ0) is 16.8. The Morgan fingerprint density at radius 2 is 1.86 bits per heavy atom. The van der Waals surface area contributed by atoms with E-state index in [2.05, 4.69) is 0 Å². The fraction of sp³-hybridized carbons (Fsp3) is 0.500. The van der Waals surface area contributed by atoms with Gasteiger partial charge in [0.15, 0.2) is 5.17 Å². The second-order valence-corrected chi connectivity index (χ2v) is 6.91. The number of carbonyl (C=O) groups is 1. The minimum Gasteiger partial charge on any atom is -0.497 e. The Balaban J connectivity index is 2.89. The summed E-state index contributed by atoms with van der Waals surface area (Å²) < 4.78 is 10.5. The zero-order valence-electron chi connectivity index (χ0n) is 13.8. The van der Waals surface area contributed by atoms with Crippen LogP contribution in [0, 0.1) is 5.41 Å². The van der Waals surface area contributed by atoms with Crippen LogP contribution in [0.4, 0.5) is 4.79 Å². The van der Waals surface area contributed by atoms with Crippen LogP contribution >= 0.6 is 11.8 Å². The molecule has 22 heavy (non-hydrogen) atoms. The number of rotatable bonds is 4. The Bertz CT molecular complexity index is 509. The van der Waals surface area contributed by atoms with Gasteiger partial charge in [0, 0.05) is 0 Å². The van der Waals surface area contributed by atoms with E-state index in [0.29, 0.717) is 6.54 Å². The molecule has 0 spiro atoms. The SMILES string of the molecule is CCSC(=N)N(Cc1ccc(OC)cc1)C(=O)OC(C)(C)C. The molecule has 0 aliphatic rings. The molecule has 0 radical (unpaired) electrons. The predicted molar refractivity (Wildman–Crippen MR) is 90.6 cm³/mol. The number of hydrogen-bond acceptors (Lipinski definition) is 5. The van der Waals surface area contributed by atoms with Gasteiger partial charge in [0.25, 0.3) is 0 Å². The van der Waals surface area contributed by atoms with Crippen molar-refractivity contribution in [2.24, 2.45) is 0 Å². The maximum absolute atomic E-state index is 12.3. The largest absolute Gasteiger partial charge is 0.497 e. The number of carbonyl (C=O) groups excluding carboxylic acids is 1. The number of thioether (sulfide) groups is 1. The highest BCUT2D eigenvalue weighted by Crippen LogP contribution is 2.18. The molecule has 0 fully saturated rings. The molecule has 6 heteroatoms. The Morgan fingerprint density at radius 3 is 2.32 bits per heavy atom. The van der Waals surface area contributed by atoms with E-state index in [9.17, 15) is 4.79 Å². The molecule has 0 aliphatic heterocycles. The molecule has 1 aromatic carbocycles. The van der Waals surface area contributed by atoms with Gasteiger partial charge in [0.2, 0.25) is 0 Å². The van der Waals surface area contributed by atoms with Gasteiger partial charge in [-0.05, 0) is 44.2 Å². The quantitative estimate of drug-likeness (QED) is 0.668. The van der Waals surface area contributed by atoms with E-state index < -0.39 is 11.7 Å². The number of hydrogen-bond donors (Lipinski definition) is 1. The molecule has 0 aromatic heterocycles. The second kappa shape index (κ2) is 8.08. The molecule has 0 unspecified atom stereocenters. The van der Waals surface area contributed by atoms with E-state index in [-0.39, 0.29) is 5.17 Å². The van der Waals surface area contributed by atoms with Gasteiger partial charge >= 0.3 is 6.09 Å². The van der Waals surface area contributed by atoms with Crippen molar-refractivity contribution in [3.8, 4) is 5.75 Å². The van der Waals surface area contributed by atoms with E-state index in [1.165, 1.54) is 16.7 Å². The summed E-state index contributed by atoms with van der Waals surface area (Å²) in [6, 6.07) is 7.42. The first-order chi connectivity index (χ1) is 10.3. The van der Waals surface area contributed by atoms with Gasteiger partial charge in [-0.1, -0.05) is 30.8 Å². The molecule has 0 heterocycles. The summed E-state index contributed by atoms with van der Waals surface area (Å²) in [6.45, 7) is 7.68. The molecule has 1 N–H and O–H groups in total. The van der Waals surface area contributed by atoms with Crippen LogP contribution in [-0.2, 0) is 11.3 Å². The molecule has 0 saturated carbocycles.